The number of aliphatic hydroxyl groups is 1. The molecule has 1 saturated carbocycles. The van der Waals surface area contributed by atoms with Crippen molar-refractivity contribution in [3.63, 3.8) is 0 Å². The zero-order chi connectivity index (χ0) is 11.7. The van der Waals surface area contributed by atoms with Gasteiger partial charge in [-0.2, -0.15) is 0 Å². The molecule has 0 bridgehead atoms. The van der Waals surface area contributed by atoms with E-state index in [1.165, 1.54) is 25.7 Å². The van der Waals surface area contributed by atoms with Gasteiger partial charge in [-0.15, -0.1) is 0 Å². The van der Waals surface area contributed by atoms with E-state index in [9.17, 15) is 5.11 Å². The Labute approximate surface area is 101 Å². The van der Waals surface area contributed by atoms with Gasteiger partial charge in [-0.05, 0) is 26.7 Å². The minimum absolute atomic E-state index is 0.400. The van der Waals surface area contributed by atoms with Crippen LogP contribution in [0.1, 0.15) is 49.3 Å². The van der Waals surface area contributed by atoms with E-state index in [2.05, 4.69) is 16.9 Å². The summed E-state index contributed by atoms with van der Waals surface area (Å²) in [6.45, 7) is 3.78. The van der Waals surface area contributed by atoms with Crippen molar-refractivity contribution in [2.45, 2.75) is 51.7 Å². The van der Waals surface area contributed by atoms with Gasteiger partial charge in [0.1, 0.15) is 0 Å². The van der Waals surface area contributed by atoms with Crippen LogP contribution in [0.15, 0.2) is 0 Å². The van der Waals surface area contributed by atoms with Gasteiger partial charge < -0.3 is 10.0 Å². The van der Waals surface area contributed by atoms with Crippen LogP contribution in [0.3, 0.4) is 0 Å². The molecule has 1 aromatic heterocycles. The molecule has 1 fully saturated rings. The Morgan fingerprint density at radius 2 is 2.06 bits per heavy atom. The Hall–Kier alpha value is -0.610. The number of aromatic nitrogens is 1. The van der Waals surface area contributed by atoms with Gasteiger partial charge in [0.2, 0.25) is 0 Å². The lowest BCUT2D eigenvalue weighted by molar-refractivity contribution is 0.202. The maximum absolute atomic E-state index is 9.62. The Morgan fingerprint density at radius 3 is 2.56 bits per heavy atom. The molecule has 90 valence electrons. The molecule has 0 radical (unpaired) electrons. The number of aliphatic hydroxyl groups excluding tert-OH is 1. The molecular formula is C12H20N2OS. The van der Waals surface area contributed by atoms with Crippen molar-refractivity contribution in [3.8, 4) is 0 Å². The van der Waals surface area contributed by atoms with Gasteiger partial charge in [0.05, 0.1) is 16.7 Å². The molecule has 0 saturated heterocycles. The van der Waals surface area contributed by atoms with Crippen LogP contribution in [0.25, 0.3) is 0 Å². The fraction of sp³-hybridized carbons (Fsp3) is 0.750. The summed E-state index contributed by atoms with van der Waals surface area (Å²) in [6.07, 6.45) is 4.83. The van der Waals surface area contributed by atoms with E-state index in [1.54, 1.807) is 18.3 Å². The summed E-state index contributed by atoms with van der Waals surface area (Å²) >= 11 is 1.63. The SMILES string of the molecule is Cc1nc(N(C)C2CCCC2)sc1C(C)O. The first-order chi connectivity index (χ1) is 7.59. The molecule has 1 atom stereocenters. The van der Waals surface area contributed by atoms with Crippen LogP contribution in [-0.2, 0) is 0 Å². The van der Waals surface area contributed by atoms with Gasteiger partial charge in [0, 0.05) is 13.1 Å². The zero-order valence-electron chi connectivity index (χ0n) is 10.2. The molecule has 3 nitrogen and oxygen atoms in total. The summed E-state index contributed by atoms with van der Waals surface area (Å²) in [5, 5.41) is 10.7. The third kappa shape index (κ3) is 2.23. The zero-order valence-corrected chi connectivity index (χ0v) is 11.0. The van der Waals surface area contributed by atoms with E-state index in [1.807, 2.05) is 6.92 Å². The van der Waals surface area contributed by atoms with E-state index in [4.69, 9.17) is 0 Å². The molecule has 0 aromatic carbocycles. The Bertz CT molecular complexity index is 356. The summed E-state index contributed by atoms with van der Waals surface area (Å²) in [7, 11) is 2.13. The fourth-order valence-electron chi connectivity index (χ4n) is 2.38. The first-order valence-corrected chi connectivity index (χ1v) is 6.79. The van der Waals surface area contributed by atoms with Crippen LogP contribution in [0, 0.1) is 6.92 Å². The van der Waals surface area contributed by atoms with E-state index < -0.39 is 6.10 Å². The molecule has 1 aliphatic carbocycles. The molecule has 1 aliphatic rings. The highest BCUT2D eigenvalue weighted by Gasteiger charge is 2.23. The summed E-state index contributed by atoms with van der Waals surface area (Å²) in [6, 6.07) is 0.646. The average Bonchev–Trinajstić information content (AvgIpc) is 2.84. The lowest BCUT2D eigenvalue weighted by Crippen LogP contribution is -2.28. The highest BCUT2D eigenvalue weighted by Crippen LogP contribution is 2.33. The quantitative estimate of drug-likeness (QED) is 0.882. The molecule has 0 spiro atoms. The molecule has 1 aromatic rings. The van der Waals surface area contributed by atoms with E-state index in [0.29, 0.717) is 6.04 Å². The first kappa shape index (κ1) is 11.9. The first-order valence-electron chi connectivity index (χ1n) is 5.98. The van der Waals surface area contributed by atoms with Crippen LogP contribution in [0.5, 0.6) is 0 Å². The van der Waals surface area contributed by atoms with E-state index in [0.717, 1.165) is 15.7 Å². The van der Waals surface area contributed by atoms with Crippen molar-refractivity contribution >= 4 is 16.5 Å². The van der Waals surface area contributed by atoms with Crippen molar-refractivity contribution in [2.75, 3.05) is 11.9 Å². The van der Waals surface area contributed by atoms with Crippen molar-refractivity contribution in [1.82, 2.24) is 4.98 Å². The minimum atomic E-state index is -0.400. The molecule has 0 aliphatic heterocycles. The Balaban J connectivity index is 2.16. The molecule has 4 heteroatoms. The van der Waals surface area contributed by atoms with Crippen LogP contribution < -0.4 is 4.90 Å². The topological polar surface area (TPSA) is 36.4 Å². The summed E-state index contributed by atoms with van der Waals surface area (Å²) in [4.78, 5) is 7.85. The molecule has 0 amide bonds. The van der Waals surface area contributed by atoms with Crippen molar-refractivity contribution < 1.29 is 5.11 Å². The van der Waals surface area contributed by atoms with Crippen molar-refractivity contribution in [1.29, 1.82) is 0 Å². The van der Waals surface area contributed by atoms with Crippen LogP contribution in [-0.4, -0.2) is 23.2 Å². The predicted molar refractivity (Wildman–Crippen MR) is 68.1 cm³/mol. The third-order valence-corrected chi connectivity index (χ3v) is 4.79. The number of aryl methyl sites for hydroxylation is 1. The van der Waals surface area contributed by atoms with Gasteiger partial charge in [0.25, 0.3) is 0 Å². The van der Waals surface area contributed by atoms with Crippen LogP contribution in [0.2, 0.25) is 0 Å². The second-order valence-electron chi connectivity index (χ2n) is 4.67. The average molecular weight is 240 g/mol. The molecule has 1 unspecified atom stereocenters. The normalized spacial score (nSPS) is 19.0. The number of hydrogen-bond donors (Lipinski definition) is 1. The number of rotatable bonds is 3. The summed E-state index contributed by atoms with van der Waals surface area (Å²) in [5.41, 5.74) is 0.972. The molecule has 16 heavy (non-hydrogen) atoms. The van der Waals surface area contributed by atoms with Gasteiger partial charge in [-0.3, -0.25) is 0 Å². The lowest BCUT2D eigenvalue weighted by Gasteiger charge is -2.23. The highest BCUT2D eigenvalue weighted by molar-refractivity contribution is 7.15. The molecule has 1 N–H and O–H groups in total. The predicted octanol–water partition coefficient (Wildman–Crippen LogP) is 2.88. The smallest absolute Gasteiger partial charge is 0.185 e. The lowest BCUT2D eigenvalue weighted by atomic mass is 10.2. The summed E-state index contributed by atoms with van der Waals surface area (Å²) < 4.78 is 0. The van der Waals surface area contributed by atoms with Gasteiger partial charge in [0.15, 0.2) is 5.13 Å². The van der Waals surface area contributed by atoms with Crippen LogP contribution in [0.4, 0.5) is 5.13 Å². The molecule has 1 heterocycles. The third-order valence-electron chi connectivity index (χ3n) is 3.37. The Kier molecular flexibility index (Phi) is 3.50. The fourth-order valence-corrected chi connectivity index (χ4v) is 3.42. The molecular weight excluding hydrogens is 220 g/mol. The van der Waals surface area contributed by atoms with E-state index >= 15 is 0 Å². The standard InChI is InChI=1S/C12H20N2OS/c1-8-11(9(2)15)16-12(13-8)14(3)10-6-4-5-7-10/h9-10,15H,4-7H2,1-3H3. The number of anilines is 1. The maximum Gasteiger partial charge on any atom is 0.185 e. The summed E-state index contributed by atoms with van der Waals surface area (Å²) in [5.74, 6) is 0. The second-order valence-corrected chi connectivity index (χ2v) is 5.68. The maximum atomic E-state index is 9.62. The van der Waals surface area contributed by atoms with Crippen LogP contribution >= 0.6 is 11.3 Å². The number of nitrogens with zero attached hydrogens (tertiary/aromatic N) is 2. The van der Waals surface area contributed by atoms with Gasteiger partial charge in [-0.25, -0.2) is 4.98 Å². The van der Waals surface area contributed by atoms with E-state index in [-0.39, 0.29) is 0 Å². The Morgan fingerprint density at radius 1 is 1.44 bits per heavy atom. The second kappa shape index (κ2) is 4.72. The number of hydrogen-bond acceptors (Lipinski definition) is 4. The van der Waals surface area contributed by atoms with Gasteiger partial charge >= 0.3 is 0 Å². The molecule has 2 rings (SSSR count). The minimum Gasteiger partial charge on any atom is -0.388 e. The van der Waals surface area contributed by atoms with Crippen molar-refractivity contribution in [2.24, 2.45) is 0 Å². The highest BCUT2D eigenvalue weighted by atomic mass is 32.1. The van der Waals surface area contributed by atoms with Gasteiger partial charge in [-0.1, -0.05) is 24.2 Å². The largest absolute Gasteiger partial charge is 0.388 e. The van der Waals surface area contributed by atoms with Crippen molar-refractivity contribution in [3.05, 3.63) is 10.6 Å². The monoisotopic (exact) mass is 240 g/mol. The number of thiazole rings is 1.